The lowest BCUT2D eigenvalue weighted by Gasteiger charge is -2.36. The van der Waals surface area contributed by atoms with Crippen molar-refractivity contribution in [3.8, 4) is 5.75 Å². The molecular formula is C22H34N2O3S. The third-order valence-electron chi connectivity index (χ3n) is 4.94. The highest BCUT2D eigenvalue weighted by Gasteiger charge is 2.46. The predicted molar refractivity (Wildman–Crippen MR) is 116 cm³/mol. The van der Waals surface area contributed by atoms with Crippen LogP contribution in [0.4, 0.5) is 0 Å². The molecule has 1 aromatic rings. The first-order valence-corrected chi connectivity index (χ1v) is 11.2. The number of methoxy groups -OCH3 is 1. The summed E-state index contributed by atoms with van der Waals surface area (Å²) in [5, 5.41) is 3.00. The SMILES string of the molecule is CCCCCCNC(=O)C1CSC(C(C)(C)C)N1C(=O)c1ccc(OC)cc1. The van der Waals surface area contributed by atoms with Crippen molar-refractivity contribution in [2.45, 2.75) is 64.8 Å². The lowest BCUT2D eigenvalue weighted by Crippen LogP contribution is -2.52. The van der Waals surface area contributed by atoms with Crippen molar-refractivity contribution < 1.29 is 14.3 Å². The third-order valence-corrected chi connectivity index (χ3v) is 6.70. The van der Waals surface area contributed by atoms with Gasteiger partial charge in [-0.05, 0) is 36.1 Å². The third kappa shape index (κ3) is 5.66. The van der Waals surface area contributed by atoms with Crippen molar-refractivity contribution >= 4 is 23.6 Å². The van der Waals surface area contributed by atoms with Gasteiger partial charge in [0.1, 0.15) is 11.8 Å². The maximum atomic E-state index is 13.3. The predicted octanol–water partition coefficient (Wildman–Crippen LogP) is 4.32. The van der Waals surface area contributed by atoms with Crippen LogP contribution < -0.4 is 10.1 Å². The van der Waals surface area contributed by atoms with E-state index in [-0.39, 0.29) is 22.6 Å². The van der Waals surface area contributed by atoms with Crippen LogP contribution in [-0.4, -0.2) is 47.5 Å². The summed E-state index contributed by atoms with van der Waals surface area (Å²) in [5.41, 5.74) is 0.460. The van der Waals surface area contributed by atoms with Crippen LogP contribution in [0.1, 0.15) is 63.7 Å². The van der Waals surface area contributed by atoms with Crippen molar-refractivity contribution in [3.63, 3.8) is 0 Å². The van der Waals surface area contributed by atoms with Gasteiger partial charge in [-0.3, -0.25) is 9.59 Å². The molecule has 1 saturated heterocycles. The minimum Gasteiger partial charge on any atom is -0.497 e. The smallest absolute Gasteiger partial charge is 0.255 e. The number of nitrogens with zero attached hydrogens (tertiary/aromatic N) is 1. The highest BCUT2D eigenvalue weighted by Crippen LogP contribution is 2.41. The first kappa shape index (κ1) is 22.6. The van der Waals surface area contributed by atoms with Gasteiger partial charge in [-0.1, -0.05) is 47.0 Å². The average Bonchev–Trinajstić information content (AvgIpc) is 3.13. The summed E-state index contributed by atoms with van der Waals surface area (Å²) in [6.45, 7) is 9.19. The van der Waals surface area contributed by atoms with E-state index in [0.717, 1.165) is 12.8 Å². The fourth-order valence-electron chi connectivity index (χ4n) is 3.39. The molecule has 0 bridgehead atoms. The van der Waals surface area contributed by atoms with Gasteiger partial charge in [0, 0.05) is 17.9 Å². The number of amides is 2. The standard InChI is InChI=1S/C22H34N2O3S/c1-6-7-8-9-14-23-19(25)18-15-28-21(22(2,3)4)24(18)20(26)16-10-12-17(27-5)13-11-16/h10-13,18,21H,6-9,14-15H2,1-5H3,(H,23,25). The Balaban J connectivity index is 2.15. The Morgan fingerprint density at radius 3 is 2.43 bits per heavy atom. The number of hydrogen-bond donors (Lipinski definition) is 1. The van der Waals surface area contributed by atoms with E-state index in [9.17, 15) is 9.59 Å². The Bertz CT molecular complexity index is 655. The van der Waals surface area contributed by atoms with Gasteiger partial charge in [-0.15, -0.1) is 11.8 Å². The Labute approximate surface area is 173 Å². The monoisotopic (exact) mass is 406 g/mol. The second kappa shape index (κ2) is 10.2. The van der Waals surface area contributed by atoms with Gasteiger partial charge in [0.25, 0.3) is 5.91 Å². The second-order valence-electron chi connectivity index (χ2n) is 8.36. The Morgan fingerprint density at radius 1 is 1.18 bits per heavy atom. The molecule has 1 aromatic carbocycles. The summed E-state index contributed by atoms with van der Waals surface area (Å²) in [6, 6.07) is 6.67. The molecule has 0 aliphatic carbocycles. The molecule has 0 aromatic heterocycles. The van der Waals surface area contributed by atoms with E-state index in [1.54, 1.807) is 48.0 Å². The van der Waals surface area contributed by atoms with Crippen LogP contribution in [-0.2, 0) is 4.79 Å². The zero-order chi connectivity index (χ0) is 20.7. The summed E-state index contributed by atoms with van der Waals surface area (Å²) >= 11 is 1.69. The Kier molecular flexibility index (Phi) is 8.23. The topological polar surface area (TPSA) is 58.6 Å². The first-order chi connectivity index (χ1) is 13.3. The molecule has 1 fully saturated rings. The summed E-state index contributed by atoms with van der Waals surface area (Å²) < 4.78 is 5.19. The van der Waals surface area contributed by atoms with E-state index < -0.39 is 6.04 Å². The molecule has 156 valence electrons. The number of rotatable bonds is 8. The molecule has 0 spiro atoms. The van der Waals surface area contributed by atoms with Crippen molar-refractivity contribution in [1.82, 2.24) is 10.2 Å². The molecule has 1 heterocycles. The van der Waals surface area contributed by atoms with Crippen molar-refractivity contribution in [1.29, 1.82) is 0 Å². The molecule has 6 heteroatoms. The normalized spacial score (nSPS) is 19.5. The fraction of sp³-hybridized carbons (Fsp3) is 0.636. The van der Waals surface area contributed by atoms with Crippen LogP contribution in [0.3, 0.4) is 0 Å². The number of carbonyl (C=O) groups is 2. The summed E-state index contributed by atoms with van der Waals surface area (Å²) in [7, 11) is 1.60. The van der Waals surface area contributed by atoms with Crippen LogP contribution in [0.5, 0.6) is 5.75 Å². The number of nitrogens with one attached hydrogen (secondary N) is 1. The minimum atomic E-state index is -0.435. The Morgan fingerprint density at radius 2 is 1.86 bits per heavy atom. The number of ether oxygens (including phenoxy) is 1. The van der Waals surface area contributed by atoms with Gasteiger partial charge in [0.15, 0.2) is 0 Å². The maximum absolute atomic E-state index is 13.3. The number of unbranched alkanes of at least 4 members (excludes halogenated alkanes) is 3. The lowest BCUT2D eigenvalue weighted by molar-refractivity contribution is -0.125. The van der Waals surface area contributed by atoms with Gasteiger partial charge in [-0.25, -0.2) is 0 Å². The van der Waals surface area contributed by atoms with Gasteiger partial charge in [0.05, 0.1) is 12.5 Å². The lowest BCUT2D eigenvalue weighted by atomic mass is 9.94. The van der Waals surface area contributed by atoms with E-state index in [1.807, 2.05) is 0 Å². The number of benzene rings is 1. The van der Waals surface area contributed by atoms with E-state index in [1.165, 1.54) is 12.8 Å². The molecular weight excluding hydrogens is 372 g/mol. The minimum absolute atomic E-state index is 0.0436. The van der Waals surface area contributed by atoms with Gasteiger partial charge >= 0.3 is 0 Å². The molecule has 2 atom stereocenters. The molecule has 2 rings (SSSR count). The van der Waals surface area contributed by atoms with Crippen molar-refractivity contribution in [3.05, 3.63) is 29.8 Å². The molecule has 5 nitrogen and oxygen atoms in total. The first-order valence-electron chi connectivity index (χ1n) is 10.2. The van der Waals surface area contributed by atoms with Gasteiger partial charge in [0.2, 0.25) is 5.91 Å². The van der Waals surface area contributed by atoms with Crippen molar-refractivity contribution in [2.75, 3.05) is 19.4 Å². The molecule has 1 aliphatic rings. The summed E-state index contributed by atoms with van der Waals surface area (Å²) in [6.07, 6.45) is 4.46. The van der Waals surface area contributed by atoms with E-state index >= 15 is 0 Å². The highest BCUT2D eigenvalue weighted by atomic mass is 32.2. The molecule has 28 heavy (non-hydrogen) atoms. The van der Waals surface area contributed by atoms with Crippen LogP contribution in [0.25, 0.3) is 0 Å². The van der Waals surface area contributed by atoms with E-state index in [0.29, 0.717) is 23.6 Å². The highest BCUT2D eigenvalue weighted by molar-refractivity contribution is 8.00. The fourth-order valence-corrected chi connectivity index (χ4v) is 4.97. The van der Waals surface area contributed by atoms with E-state index in [4.69, 9.17) is 4.74 Å². The zero-order valence-corrected chi connectivity index (χ0v) is 18.6. The van der Waals surface area contributed by atoms with E-state index in [2.05, 4.69) is 33.0 Å². The maximum Gasteiger partial charge on any atom is 0.255 e. The summed E-state index contributed by atoms with van der Waals surface area (Å²) in [4.78, 5) is 28.0. The van der Waals surface area contributed by atoms with Crippen molar-refractivity contribution in [2.24, 2.45) is 5.41 Å². The average molecular weight is 407 g/mol. The van der Waals surface area contributed by atoms with Crippen LogP contribution >= 0.6 is 11.8 Å². The van der Waals surface area contributed by atoms with Crippen LogP contribution in [0.2, 0.25) is 0 Å². The van der Waals surface area contributed by atoms with Gasteiger partial charge in [-0.2, -0.15) is 0 Å². The molecule has 2 amide bonds. The number of thioether (sulfide) groups is 1. The molecule has 1 aliphatic heterocycles. The molecule has 0 saturated carbocycles. The number of hydrogen-bond acceptors (Lipinski definition) is 4. The molecule has 1 N–H and O–H groups in total. The Hall–Kier alpha value is -1.69. The summed E-state index contributed by atoms with van der Waals surface area (Å²) in [5.74, 6) is 1.20. The quantitative estimate of drug-likeness (QED) is 0.653. The number of carbonyl (C=O) groups excluding carboxylic acids is 2. The van der Waals surface area contributed by atoms with Crippen LogP contribution in [0.15, 0.2) is 24.3 Å². The largest absolute Gasteiger partial charge is 0.497 e. The zero-order valence-electron chi connectivity index (χ0n) is 17.8. The second-order valence-corrected chi connectivity index (χ2v) is 9.47. The van der Waals surface area contributed by atoms with Crippen LogP contribution in [0, 0.1) is 5.41 Å². The molecule has 0 radical (unpaired) electrons. The van der Waals surface area contributed by atoms with Gasteiger partial charge < -0.3 is 15.0 Å². The molecule has 2 unspecified atom stereocenters.